The summed E-state index contributed by atoms with van der Waals surface area (Å²) in [5, 5.41) is 3.34. The average molecular weight is 282 g/mol. The Bertz CT molecular complexity index is 600. The van der Waals surface area contributed by atoms with Crippen LogP contribution < -0.4 is 11.1 Å². The van der Waals surface area contributed by atoms with Gasteiger partial charge in [-0.1, -0.05) is 6.07 Å². The summed E-state index contributed by atoms with van der Waals surface area (Å²) in [6.07, 6.45) is 4.90. The molecular weight excluding hydrogens is 264 g/mol. The van der Waals surface area contributed by atoms with Crippen LogP contribution in [-0.2, 0) is 14.6 Å². The predicted molar refractivity (Wildman–Crippen MR) is 73.9 cm³/mol. The first kappa shape index (κ1) is 12.7. The molecule has 0 amide bonds. The highest BCUT2D eigenvalue weighted by molar-refractivity contribution is 7.90. The SMILES string of the molecule is CS(=O)(=O)c1cccc(NC2CC3CCC2O3)c1N. The topological polar surface area (TPSA) is 81.4 Å². The summed E-state index contributed by atoms with van der Waals surface area (Å²) < 4.78 is 29.0. The maximum atomic E-state index is 11.6. The maximum absolute atomic E-state index is 11.6. The van der Waals surface area contributed by atoms with E-state index in [1.807, 2.05) is 6.07 Å². The van der Waals surface area contributed by atoms with E-state index in [9.17, 15) is 8.42 Å². The van der Waals surface area contributed by atoms with E-state index in [0.29, 0.717) is 17.5 Å². The molecule has 0 aliphatic carbocycles. The van der Waals surface area contributed by atoms with E-state index >= 15 is 0 Å². The van der Waals surface area contributed by atoms with Gasteiger partial charge in [-0.3, -0.25) is 0 Å². The first-order valence-corrected chi connectivity index (χ1v) is 8.35. The van der Waals surface area contributed by atoms with Crippen molar-refractivity contribution in [2.45, 2.75) is 42.4 Å². The standard InChI is InChI=1S/C13H18N2O3S/c1-19(16,17)12-4-2-3-9(13(12)14)15-10-7-8-5-6-11(10)18-8/h2-4,8,10-11,15H,5-7,14H2,1H3. The van der Waals surface area contributed by atoms with Gasteiger partial charge in [0, 0.05) is 6.26 Å². The van der Waals surface area contributed by atoms with Gasteiger partial charge in [-0.05, 0) is 31.4 Å². The third-order valence-electron chi connectivity index (χ3n) is 3.91. The second-order valence-electron chi connectivity index (χ2n) is 5.35. The zero-order valence-corrected chi connectivity index (χ0v) is 11.6. The van der Waals surface area contributed by atoms with Crippen molar-refractivity contribution in [2.24, 2.45) is 0 Å². The number of fused-ring (bicyclic) bond motifs is 2. The van der Waals surface area contributed by atoms with Gasteiger partial charge in [0.25, 0.3) is 0 Å². The molecule has 1 aromatic rings. The Kier molecular flexibility index (Phi) is 2.94. The van der Waals surface area contributed by atoms with Crippen molar-refractivity contribution in [3.63, 3.8) is 0 Å². The van der Waals surface area contributed by atoms with Gasteiger partial charge in [-0.2, -0.15) is 0 Å². The average Bonchev–Trinajstić information content (AvgIpc) is 2.92. The monoisotopic (exact) mass is 282 g/mol. The van der Waals surface area contributed by atoms with Crippen LogP contribution in [0.15, 0.2) is 23.1 Å². The summed E-state index contributed by atoms with van der Waals surface area (Å²) in [5.74, 6) is 0. The Morgan fingerprint density at radius 3 is 2.74 bits per heavy atom. The third-order valence-corrected chi connectivity index (χ3v) is 5.07. The fourth-order valence-corrected chi connectivity index (χ4v) is 3.82. The molecule has 1 aromatic carbocycles. The van der Waals surface area contributed by atoms with Crippen LogP contribution in [0.1, 0.15) is 19.3 Å². The van der Waals surface area contributed by atoms with Gasteiger partial charge in [0.1, 0.15) is 0 Å². The summed E-state index contributed by atoms with van der Waals surface area (Å²) in [4.78, 5) is 0.182. The van der Waals surface area contributed by atoms with Gasteiger partial charge >= 0.3 is 0 Å². The summed E-state index contributed by atoms with van der Waals surface area (Å²) in [6.45, 7) is 0. The fraction of sp³-hybridized carbons (Fsp3) is 0.538. The molecule has 0 radical (unpaired) electrons. The minimum Gasteiger partial charge on any atom is -0.396 e. The molecule has 2 heterocycles. The third kappa shape index (κ3) is 2.30. The van der Waals surface area contributed by atoms with E-state index in [1.54, 1.807) is 6.07 Å². The molecule has 19 heavy (non-hydrogen) atoms. The van der Waals surface area contributed by atoms with Crippen molar-refractivity contribution in [1.29, 1.82) is 0 Å². The van der Waals surface area contributed by atoms with Crippen molar-refractivity contribution in [2.75, 3.05) is 17.3 Å². The van der Waals surface area contributed by atoms with Crippen LogP contribution in [0.4, 0.5) is 11.4 Å². The van der Waals surface area contributed by atoms with E-state index in [2.05, 4.69) is 5.32 Å². The lowest BCUT2D eigenvalue weighted by Crippen LogP contribution is -2.30. The smallest absolute Gasteiger partial charge is 0.177 e. The van der Waals surface area contributed by atoms with Crippen molar-refractivity contribution in [3.8, 4) is 0 Å². The second-order valence-corrected chi connectivity index (χ2v) is 7.33. The molecule has 3 atom stereocenters. The molecule has 0 saturated carbocycles. The van der Waals surface area contributed by atoms with E-state index in [0.717, 1.165) is 19.3 Å². The molecule has 2 aliphatic rings. The number of hydrogen-bond donors (Lipinski definition) is 2. The molecule has 3 N–H and O–H groups in total. The summed E-state index contributed by atoms with van der Waals surface area (Å²) in [7, 11) is -3.30. The Morgan fingerprint density at radius 2 is 2.16 bits per heavy atom. The van der Waals surface area contributed by atoms with Crippen molar-refractivity contribution >= 4 is 21.2 Å². The minimum atomic E-state index is -3.30. The minimum absolute atomic E-state index is 0.182. The molecule has 5 nitrogen and oxygen atoms in total. The molecule has 6 heteroatoms. The largest absolute Gasteiger partial charge is 0.396 e. The number of nitrogens with two attached hydrogens (primary N) is 1. The molecule has 104 valence electrons. The number of rotatable bonds is 3. The lowest BCUT2D eigenvalue weighted by atomic mass is 9.95. The quantitative estimate of drug-likeness (QED) is 0.819. The second kappa shape index (κ2) is 4.38. The number of hydrogen-bond acceptors (Lipinski definition) is 5. The van der Waals surface area contributed by atoms with Crippen LogP contribution in [0.5, 0.6) is 0 Å². The van der Waals surface area contributed by atoms with Crippen LogP contribution in [0.25, 0.3) is 0 Å². The maximum Gasteiger partial charge on any atom is 0.177 e. The van der Waals surface area contributed by atoms with Crippen LogP contribution in [0, 0.1) is 0 Å². The van der Waals surface area contributed by atoms with Crippen LogP contribution in [0.3, 0.4) is 0 Å². The van der Waals surface area contributed by atoms with Gasteiger partial charge in [-0.15, -0.1) is 0 Å². The lowest BCUT2D eigenvalue weighted by Gasteiger charge is -2.22. The van der Waals surface area contributed by atoms with Crippen molar-refractivity contribution < 1.29 is 13.2 Å². The zero-order chi connectivity index (χ0) is 13.6. The van der Waals surface area contributed by atoms with Crippen LogP contribution in [0.2, 0.25) is 0 Å². The van der Waals surface area contributed by atoms with E-state index in [1.165, 1.54) is 12.3 Å². The number of nitrogens with one attached hydrogen (secondary N) is 1. The molecular formula is C13H18N2O3S. The number of sulfone groups is 1. The number of nitrogen functional groups attached to an aromatic ring is 1. The Morgan fingerprint density at radius 1 is 1.37 bits per heavy atom. The molecule has 2 bridgehead atoms. The molecule has 0 spiro atoms. The lowest BCUT2D eigenvalue weighted by molar-refractivity contribution is 0.102. The molecule has 0 aromatic heterocycles. The highest BCUT2D eigenvalue weighted by atomic mass is 32.2. The first-order chi connectivity index (χ1) is 8.95. The van der Waals surface area contributed by atoms with Crippen LogP contribution >= 0.6 is 0 Å². The summed E-state index contributed by atoms with van der Waals surface area (Å²) >= 11 is 0. The van der Waals surface area contributed by atoms with Crippen molar-refractivity contribution in [3.05, 3.63) is 18.2 Å². The van der Waals surface area contributed by atoms with E-state index < -0.39 is 9.84 Å². The van der Waals surface area contributed by atoms with Crippen LogP contribution in [-0.4, -0.2) is 32.9 Å². The highest BCUT2D eigenvalue weighted by Gasteiger charge is 2.40. The van der Waals surface area contributed by atoms with Gasteiger partial charge in [0.15, 0.2) is 9.84 Å². The summed E-state index contributed by atoms with van der Waals surface area (Å²) in [6, 6.07) is 5.29. The Balaban J connectivity index is 1.86. The normalized spacial score (nSPS) is 29.6. The molecule has 3 unspecified atom stereocenters. The molecule has 2 saturated heterocycles. The van der Waals surface area contributed by atoms with Crippen molar-refractivity contribution in [1.82, 2.24) is 0 Å². The Labute approximate surface area is 113 Å². The number of para-hydroxylation sites is 1. The van der Waals surface area contributed by atoms with Gasteiger partial charge < -0.3 is 15.8 Å². The predicted octanol–water partition coefficient (Wildman–Crippen LogP) is 1.40. The molecule has 3 rings (SSSR count). The van der Waals surface area contributed by atoms with Gasteiger partial charge in [0.2, 0.25) is 0 Å². The van der Waals surface area contributed by atoms with E-state index in [-0.39, 0.29) is 17.0 Å². The molecule has 2 fully saturated rings. The Hall–Kier alpha value is -1.27. The first-order valence-electron chi connectivity index (χ1n) is 6.45. The number of ether oxygens (including phenoxy) is 1. The fourth-order valence-electron chi connectivity index (χ4n) is 2.98. The van der Waals surface area contributed by atoms with Gasteiger partial charge in [0.05, 0.1) is 34.5 Å². The molecule has 2 aliphatic heterocycles. The van der Waals surface area contributed by atoms with E-state index in [4.69, 9.17) is 10.5 Å². The highest BCUT2D eigenvalue weighted by Crippen LogP contribution is 2.37. The number of anilines is 2. The van der Waals surface area contributed by atoms with Gasteiger partial charge in [-0.25, -0.2) is 8.42 Å². The number of benzene rings is 1. The summed E-state index contributed by atoms with van der Waals surface area (Å²) in [5.41, 5.74) is 6.95. The zero-order valence-electron chi connectivity index (χ0n) is 10.8.